The Morgan fingerprint density at radius 3 is 2.29 bits per heavy atom. The van der Waals surface area contributed by atoms with E-state index in [-0.39, 0.29) is 38.2 Å². The lowest BCUT2D eigenvalue weighted by atomic mass is 10.1. The van der Waals surface area contributed by atoms with Crippen LogP contribution in [0.3, 0.4) is 0 Å². The molecule has 0 spiro atoms. The third kappa shape index (κ3) is 7.72. The van der Waals surface area contributed by atoms with E-state index < -0.39 is 15.6 Å². The van der Waals surface area contributed by atoms with Crippen molar-refractivity contribution in [1.29, 1.82) is 0 Å². The number of phosphoric acid groups is 2. The predicted octanol–water partition coefficient (Wildman–Crippen LogP) is 1.53. The van der Waals surface area contributed by atoms with E-state index in [2.05, 4.69) is 9.05 Å². The van der Waals surface area contributed by atoms with Crippen LogP contribution in [0.2, 0.25) is 0 Å². The number of hydrogen-bond acceptors (Lipinski definition) is 7. The molecule has 0 aromatic carbocycles. The zero-order chi connectivity index (χ0) is 18.4. The molecule has 0 aromatic heterocycles. The Morgan fingerprint density at radius 1 is 1.17 bits per heavy atom. The second-order valence-electron chi connectivity index (χ2n) is 5.60. The fraction of sp³-hybridized carbons (Fsp3) is 0.917. The van der Waals surface area contributed by atoms with Gasteiger partial charge in [-0.25, -0.2) is 9.13 Å². The first-order chi connectivity index (χ1) is 11.1. The van der Waals surface area contributed by atoms with Crippen molar-refractivity contribution in [3.8, 4) is 0 Å². The molecule has 1 heterocycles. The number of phosphoric ester groups is 2. The van der Waals surface area contributed by atoms with Crippen molar-refractivity contribution in [3.63, 3.8) is 0 Å². The van der Waals surface area contributed by atoms with Crippen LogP contribution in [0.25, 0.3) is 0 Å². The van der Waals surface area contributed by atoms with Gasteiger partial charge in [0.2, 0.25) is 5.91 Å². The average Bonchev–Trinajstić information content (AvgIpc) is 2.86. The zero-order valence-corrected chi connectivity index (χ0v) is 15.8. The molecule has 2 N–H and O–H groups in total. The van der Waals surface area contributed by atoms with Gasteiger partial charge in [-0.05, 0) is 18.8 Å². The number of likely N-dealkylation sites (tertiary alicyclic amines) is 1. The standard InChI is InChI=1S/C12H25NO9P2/c1-10-7-12(13(8-10)11(2)14)9-22-24(17,18)21-6-4-5-20-23(15,16)19-3/h10,12H,4-9H2,1-3H3,(H,15,16)(H,17,18)/t10-,12+/m1/s1. The number of amides is 1. The number of hydrogen-bond donors (Lipinski definition) is 2. The van der Waals surface area contributed by atoms with Crippen molar-refractivity contribution in [3.05, 3.63) is 0 Å². The molecule has 2 unspecified atom stereocenters. The van der Waals surface area contributed by atoms with Gasteiger partial charge in [0.1, 0.15) is 0 Å². The summed E-state index contributed by atoms with van der Waals surface area (Å²) in [6.45, 7) is 3.56. The maximum absolute atomic E-state index is 11.8. The van der Waals surface area contributed by atoms with Crippen molar-refractivity contribution in [2.45, 2.75) is 32.7 Å². The SMILES string of the molecule is COP(=O)(O)OCCCOP(=O)(O)OC[C@@H]1C[C@@H](C)CN1C(C)=O. The topological polar surface area (TPSA) is 132 Å². The second kappa shape index (κ2) is 9.40. The molecule has 12 heteroatoms. The molecule has 0 saturated carbocycles. The van der Waals surface area contributed by atoms with E-state index in [1.807, 2.05) is 6.92 Å². The molecular weight excluding hydrogens is 364 g/mol. The van der Waals surface area contributed by atoms with Crippen molar-refractivity contribution in [2.75, 3.05) is 33.5 Å². The van der Waals surface area contributed by atoms with Crippen LogP contribution in [0, 0.1) is 5.92 Å². The van der Waals surface area contributed by atoms with Gasteiger partial charge in [-0.2, -0.15) is 0 Å². The van der Waals surface area contributed by atoms with Crippen LogP contribution in [-0.2, 0) is 32.0 Å². The molecular formula is C12H25NO9P2. The summed E-state index contributed by atoms with van der Waals surface area (Å²) < 4.78 is 41.2. The Labute approximate surface area is 141 Å². The van der Waals surface area contributed by atoms with Gasteiger partial charge < -0.3 is 14.7 Å². The van der Waals surface area contributed by atoms with Gasteiger partial charge in [0, 0.05) is 20.6 Å². The monoisotopic (exact) mass is 389 g/mol. The van der Waals surface area contributed by atoms with Crippen LogP contribution in [0.15, 0.2) is 0 Å². The zero-order valence-electron chi connectivity index (χ0n) is 14.0. The molecule has 24 heavy (non-hydrogen) atoms. The minimum absolute atomic E-state index is 0.0935. The first-order valence-electron chi connectivity index (χ1n) is 7.48. The van der Waals surface area contributed by atoms with E-state index >= 15 is 0 Å². The number of rotatable bonds is 10. The van der Waals surface area contributed by atoms with Gasteiger partial charge in [-0.3, -0.25) is 22.9 Å². The normalized spacial score (nSPS) is 26.1. The summed E-state index contributed by atoms with van der Waals surface area (Å²) in [6, 6.07) is -0.258. The summed E-state index contributed by atoms with van der Waals surface area (Å²) in [6.07, 6.45) is 0.790. The van der Waals surface area contributed by atoms with E-state index in [1.165, 1.54) is 6.92 Å². The van der Waals surface area contributed by atoms with E-state index in [0.717, 1.165) is 7.11 Å². The summed E-state index contributed by atoms with van der Waals surface area (Å²) >= 11 is 0. The Balaban J connectivity index is 2.30. The molecule has 4 atom stereocenters. The van der Waals surface area contributed by atoms with Crippen LogP contribution in [-0.4, -0.2) is 60.1 Å². The van der Waals surface area contributed by atoms with Crippen LogP contribution >= 0.6 is 15.6 Å². The summed E-state index contributed by atoms with van der Waals surface area (Å²) in [5.74, 6) is 0.193. The predicted molar refractivity (Wildman–Crippen MR) is 84.1 cm³/mol. The van der Waals surface area contributed by atoms with Crippen molar-refractivity contribution >= 4 is 21.6 Å². The lowest BCUT2D eigenvalue weighted by Crippen LogP contribution is -2.36. The lowest BCUT2D eigenvalue weighted by molar-refractivity contribution is -0.130. The van der Waals surface area contributed by atoms with Crippen molar-refractivity contribution in [2.24, 2.45) is 5.92 Å². The molecule has 0 bridgehead atoms. The van der Waals surface area contributed by atoms with Crippen molar-refractivity contribution in [1.82, 2.24) is 4.90 Å². The maximum atomic E-state index is 11.8. The Bertz CT molecular complexity index is 515. The molecule has 0 radical (unpaired) electrons. The van der Waals surface area contributed by atoms with Crippen LogP contribution in [0.5, 0.6) is 0 Å². The first kappa shape index (κ1) is 21.7. The fourth-order valence-electron chi connectivity index (χ4n) is 2.38. The Hall–Kier alpha value is -0.310. The van der Waals surface area contributed by atoms with Gasteiger partial charge in [-0.1, -0.05) is 6.92 Å². The highest BCUT2D eigenvalue weighted by Crippen LogP contribution is 2.45. The number of carbonyl (C=O) groups is 1. The molecule has 1 rings (SSSR count). The maximum Gasteiger partial charge on any atom is 0.472 e. The lowest BCUT2D eigenvalue weighted by Gasteiger charge is -2.23. The average molecular weight is 389 g/mol. The van der Waals surface area contributed by atoms with E-state index in [0.29, 0.717) is 18.9 Å². The van der Waals surface area contributed by atoms with E-state index in [4.69, 9.17) is 13.9 Å². The number of carbonyl (C=O) groups excluding carboxylic acids is 1. The molecule has 1 fully saturated rings. The van der Waals surface area contributed by atoms with Gasteiger partial charge >= 0.3 is 15.6 Å². The molecule has 1 aliphatic rings. The van der Waals surface area contributed by atoms with Gasteiger partial charge in [0.05, 0.1) is 25.9 Å². The summed E-state index contributed by atoms with van der Waals surface area (Å²) in [4.78, 5) is 31.7. The first-order valence-corrected chi connectivity index (χ1v) is 10.5. The van der Waals surface area contributed by atoms with Crippen LogP contribution in [0.4, 0.5) is 0 Å². The number of nitrogens with zero attached hydrogens (tertiary/aromatic N) is 1. The van der Waals surface area contributed by atoms with Gasteiger partial charge in [0.15, 0.2) is 0 Å². The highest BCUT2D eigenvalue weighted by Gasteiger charge is 2.33. The quantitative estimate of drug-likeness (QED) is 0.422. The minimum atomic E-state index is -4.27. The molecule has 142 valence electrons. The molecule has 0 aromatic rings. The Kier molecular flexibility index (Phi) is 8.52. The third-order valence-corrected chi connectivity index (χ3v) is 5.44. The highest BCUT2D eigenvalue weighted by atomic mass is 31.2. The minimum Gasteiger partial charge on any atom is -0.337 e. The second-order valence-corrected chi connectivity index (χ2v) is 8.62. The summed E-state index contributed by atoms with van der Waals surface area (Å²) in [7, 11) is -7.30. The Morgan fingerprint density at radius 2 is 1.75 bits per heavy atom. The molecule has 10 nitrogen and oxygen atoms in total. The third-order valence-electron chi connectivity index (χ3n) is 3.49. The fourth-order valence-corrected chi connectivity index (χ4v) is 3.64. The summed E-state index contributed by atoms with van der Waals surface area (Å²) in [5.41, 5.74) is 0. The van der Waals surface area contributed by atoms with Gasteiger partial charge in [-0.15, -0.1) is 0 Å². The molecule has 1 aliphatic heterocycles. The van der Waals surface area contributed by atoms with Crippen LogP contribution < -0.4 is 0 Å². The van der Waals surface area contributed by atoms with Gasteiger partial charge in [0.25, 0.3) is 0 Å². The molecule has 1 saturated heterocycles. The molecule has 1 amide bonds. The highest BCUT2D eigenvalue weighted by molar-refractivity contribution is 7.47. The van der Waals surface area contributed by atoms with E-state index in [9.17, 15) is 18.8 Å². The van der Waals surface area contributed by atoms with E-state index in [1.54, 1.807) is 4.90 Å². The van der Waals surface area contributed by atoms with Crippen molar-refractivity contribution < 1.29 is 41.8 Å². The van der Waals surface area contributed by atoms with Crippen LogP contribution in [0.1, 0.15) is 26.7 Å². The summed E-state index contributed by atoms with van der Waals surface area (Å²) in [5, 5.41) is 0. The smallest absolute Gasteiger partial charge is 0.337 e. The largest absolute Gasteiger partial charge is 0.472 e. The molecule has 0 aliphatic carbocycles.